The average Bonchev–Trinajstić information content (AvgIpc) is 2.18. The van der Waals surface area contributed by atoms with Crippen molar-refractivity contribution in [3.05, 3.63) is 0 Å². The molecule has 0 bridgehead atoms. The predicted octanol–water partition coefficient (Wildman–Crippen LogP) is 0.185. The van der Waals surface area contributed by atoms with Gasteiger partial charge in [0.25, 0.3) is 0 Å². The lowest BCUT2D eigenvalue weighted by Gasteiger charge is -2.42. The molecule has 0 aliphatic rings. The van der Waals surface area contributed by atoms with E-state index >= 15 is 0 Å². The van der Waals surface area contributed by atoms with E-state index < -0.39 is 11.8 Å². The molecule has 0 unspecified atom stereocenters. The van der Waals surface area contributed by atoms with Crippen LogP contribution in [0.25, 0.3) is 0 Å². The third-order valence-corrected chi connectivity index (χ3v) is 2.55. The summed E-state index contributed by atoms with van der Waals surface area (Å²) in [6.07, 6.45) is 1.54. The van der Waals surface area contributed by atoms with Crippen LogP contribution in [0.15, 0.2) is 0 Å². The van der Waals surface area contributed by atoms with Crippen LogP contribution in [-0.2, 0) is 0 Å². The Morgan fingerprint density at radius 3 is 1.53 bits per heavy atom. The molecule has 0 amide bonds. The van der Waals surface area contributed by atoms with Crippen LogP contribution >= 0.6 is 0 Å². The van der Waals surface area contributed by atoms with E-state index in [-0.39, 0.29) is 19.4 Å². The number of unbranched alkanes of at least 4 members (excludes halogenated alkanes) is 1. The van der Waals surface area contributed by atoms with Gasteiger partial charge in [-0.15, -0.1) is 0 Å². The maximum absolute atomic E-state index is 9.64. The standard InChI is InChI=1S/C10H23NO4/c1-4-7-8-11(9(12,13)5-2)10(14,15)6-3/h12-15H,4-8H2,1-3H3. The number of rotatable bonds is 7. The van der Waals surface area contributed by atoms with Crippen molar-refractivity contribution in [3.8, 4) is 0 Å². The molecular formula is C10H23NO4. The average molecular weight is 221 g/mol. The molecule has 0 aromatic carbocycles. The van der Waals surface area contributed by atoms with Crippen molar-refractivity contribution in [2.45, 2.75) is 58.3 Å². The Labute approximate surface area is 91.0 Å². The zero-order chi connectivity index (χ0) is 12.1. The van der Waals surface area contributed by atoms with Crippen molar-refractivity contribution in [2.75, 3.05) is 6.54 Å². The molecule has 92 valence electrons. The topological polar surface area (TPSA) is 84.2 Å². The summed E-state index contributed by atoms with van der Waals surface area (Å²) in [7, 11) is 0. The van der Waals surface area contributed by atoms with Crippen LogP contribution in [0.4, 0.5) is 0 Å². The van der Waals surface area contributed by atoms with Crippen LogP contribution in [0.2, 0.25) is 0 Å². The van der Waals surface area contributed by atoms with Gasteiger partial charge >= 0.3 is 0 Å². The fourth-order valence-electron chi connectivity index (χ4n) is 1.34. The molecule has 0 radical (unpaired) electrons. The van der Waals surface area contributed by atoms with E-state index in [9.17, 15) is 20.4 Å². The van der Waals surface area contributed by atoms with E-state index in [0.29, 0.717) is 6.42 Å². The van der Waals surface area contributed by atoms with Crippen LogP contribution in [0.1, 0.15) is 46.5 Å². The Balaban J connectivity index is 4.72. The minimum Gasteiger partial charge on any atom is -0.353 e. The first kappa shape index (κ1) is 14.8. The molecule has 0 saturated carbocycles. The Morgan fingerprint density at radius 2 is 1.27 bits per heavy atom. The number of hydrogen-bond donors (Lipinski definition) is 4. The lowest BCUT2D eigenvalue weighted by atomic mass is 10.2. The zero-order valence-corrected chi connectivity index (χ0v) is 9.77. The molecule has 0 saturated heterocycles. The Hall–Kier alpha value is -0.200. The molecule has 0 atom stereocenters. The highest BCUT2D eigenvalue weighted by molar-refractivity contribution is 4.74. The van der Waals surface area contributed by atoms with E-state index in [2.05, 4.69) is 0 Å². The highest BCUT2D eigenvalue weighted by Crippen LogP contribution is 2.24. The molecule has 0 aromatic heterocycles. The van der Waals surface area contributed by atoms with E-state index in [1.54, 1.807) is 13.8 Å². The molecule has 0 aromatic rings. The molecule has 0 rings (SSSR count). The summed E-state index contributed by atoms with van der Waals surface area (Å²) in [5, 5.41) is 38.6. The van der Waals surface area contributed by atoms with Crippen LogP contribution in [0.3, 0.4) is 0 Å². The smallest absolute Gasteiger partial charge is 0.228 e. The first-order valence-electron chi connectivity index (χ1n) is 5.49. The summed E-state index contributed by atoms with van der Waals surface area (Å²) in [5.74, 6) is -4.34. The van der Waals surface area contributed by atoms with Gasteiger partial charge in [0.1, 0.15) is 0 Å². The Kier molecular flexibility index (Phi) is 5.69. The van der Waals surface area contributed by atoms with Crippen LogP contribution in [-0.4, -0.2) is 43.7 Å². The quantitative estimate of drug-likeness (QED) is 0.461. The van der Waals surface area contributed by atoms with Crippen LogP contribution in [0, 0.1) is 0 Å². The van der Waals surface area contributed by atoms with Gasteiger partial charge < -0.3 is 20.4 Å². The predicted molar refractivity (Wildman–Crippen MR) is 56.5 cm³/mol. The summed E-state index contributed by atoms with van der Waals surface area (Å²) >= 11 is 0. The molecule has 0 aliphatic carbocycles. The van der Waals surface area contributed by atoms with Gasteiger partial charge in [-0.1, -0.05) is 27.2 Å². The molecule has 15 heavy (non-hydrogen) atoms. The summed E-state index contributed by atoms with van der Waals surface area (Å²) < 4.78 is 0. The molecular weight excluding hydrogens is 198 g/mol. The van der Waals surface area contributed by atoms with Gasteiger partial charge in [0.2, 0.25) is 11.8 Å². The normalized spacial score (nSPS) is 13.6. The van der Waals surface area contributed by atoms with Gasteiger partial charge in [0.05, 0.1) is 0 Å². The highest BCUT2D eigenvalue weighted by atomic mass is 16.6. The minimum atomic E-state index is -2.17. The van der Waals surface area contributed by atoms with Crippen molar-refractivity contribution >= 4 is 0 Å². The van der Waals surface area contributed by atoms with Crippen molar-refractivity contribution in [3.63, 3.8) is 0 Å². The first-order valence-corrected chi connectivity index (χ1v) is 5.49. The maximum Gasteiger partial charge on any atom is 0.228 e. The van der Waals surface area contributed by atoms with Gasteiger partial charge in [0.15, 0.2) is 0 Å². The lowest BCUT2D eigenvalue weighted by Crippen LogP contribution is -2.61. The third-order valence-electron chi connectivity index (χ3n) is 2.55. The van der Waals surface area contributed by atoms with Crippen LogP contribution < -0.4 is 0 Å². The molecule has 5 nitrogen and oxygen atoms in total. The molecule has 0 aliphatic heterocycles. The number of aliphatic hydroxyl groups is 4. The maximum atomic E-state index is 9.64. The first-order chi connectivity index (χ1) is 6.81. The molecule has 4 N–H and O–H groups in total. The summed E-state index contributed by atoms with van der Waals surface area (Å²) in [6.45, 7) is 5.33. The summed E-state index contributed by atoms with van der Waals surface area (Å²) in [4.78, 5) is 0.920. The monoisotopic (exact) mass is 221 g/mol. The van der Waals surface area contributed by atoms with Gasteiger partial charge in [0, 0.05) is 19.4 Å². The second-order valence-corrected chi connectivity index (χ2v) is 3.76. The molecule has 0 heterocycles. The summed E-state index contributed by atoms with van der Waals surface area (Å²) in [5.41, 5.74) is 0. The Morgan fingerprint density at radius 1 is 0.867 bits per heavy atom. The second-order valence-electron chi connectivity index (χ2n) is 3.76. The number of nitrogens with zero attached hydrogens (tertiary/aromatic N) is 1. The zero-order valence-electron chi connectivity index (χ0n) is 9.77. The molecule has 0 fully saturated rings. The van der Waals surface area contributed by atoms with Crippen molar-refractivity contribution in [2.24, 2.45) is 0 Å². The Bertz CT molecular complexity index is 166. The summed E-state index contributed by atoms with van der Waals surface area (Å²) in [6, 6.07) is 0. The molecule has 5 heteroatoms. The van der Waals surface area contributed by atoms with E-state index in [1.165, 1.54) is 0 Å². The minimum absolute atomic E-state index is 0.0135. The second kappa shape index (κ2) is 5.77. The third kappa shape index (κ3) is 4.04. The van der Waals surface area contributed by atoms with E-state index in [4.69, 9.17) is 0 Å². The van der Waals surface area contributed by atoms with Crippen molar-refractivity contribution < 1.29 is 20.4 Å². The molecule has 0 spiro atoms. The van der Waals surface area contributed by atoms with Gasteiger partial charge in [-0.05, 0) is 6.42 Å². The van der Waals surface area contributed by atoms with Crippen molar-refractivity contribution in [1.29, 1.82) is 0 Å². The van der Waals surface area contributed by atoms with Gasteiger partial charge in [-0.3, -0.25) is 0 Å². The SMILES string of the molecule is CCCCN(C(O)(O)CC)C(O)(O)CC. The lowest BCUT2D eigenvalue weighted by molar-refractivity contribution is -0.385. The number of hydrogen-bond acceptors (Lipinski definition) is 5. The van der Waals surface area contributed by atoms with Gasteiger partial charge in [-0.25, -0.2) is 4.90 Å². The van der Waals surface area contributed by atoms with E-state index in [1.807, 2.05) is 6.92 Å². The fourth-order valence-corrected chi connectivity index (χ4v) is 1.34. The van der Waals surface area contributed by atoms with Crippen molar-refractivity contribution in [1.82, 2.24) is 4.90 Å². The fraction of sp³-hybridized carbons (Fsp3) is 1.00. The van der Waals surface area contributed by atoms with E-state index in [0.717, 1.165) is 11.3 Å². The highest BCUT2D eigenvalue weighted by Gasteiger charge is 2.42. The largest absolute Gasteiger partial charge is 0.353 e. The van der Waals surface area contributed by atoms with Crippen LogP contribution in [0.5, 0.6) is 0 Å². The van der Waals surface area contributed by atoms with Gasteiger partial charge in [-0.2, -0.15) is 0 Å².